The fourth-order valence-corrected chi connectivity index (χ4v) is 5.02. The van der Waals surface area contributed by atoms with E-state index in [4.69, 9.17) is 28.2 Å². The number of carbonyl (C=O) groups excluding carboxylic acids is 2. The standard InChI is InChI=1S/C22H21Cl2N3O2S/c23-16-3-1-14(2-4-16)21(29)25-10-7-20(28)27-11-8-15(9-12-27)22-26-18-13-17(24)5-6-19(18)30-22/h1-6,13,15H,7-12H2,(H,25,29). The van der Waals surface area contributed by atoms with Crippen molar-refractivity contribution in [2.45, 2.75) is 25.2 Å². The first kappa shape index (κ1) is 21.1. The number of benzene rings is 2. The number of nitrogens with one attached hydrogen (secondary N) is 1. The van der Waals surface area contributed by atoms with E-state index < -0.39 is 0 Å². The maximum absolute atomic E-state index is 12.5. The second kappa shape index (κ2) is 9.33. The summed E-state index contributed by atoms with van der Waals surface area (Å²) in [4.78, 5) is 31.3. The maximum atomic E-state index is 12.5. The maximum Gasteiger partial charge on any atom is 0.251 e. The second-order valence-electron chi connectivity index (χ2n) is 7.33. The van der Waals surface area contributed by atoms with E-state index in [0.29, 0.717) is 47.6 Å². The minimum absolute atomic E-state index is 0.0703. The molecular formula is C22H21Cl2N3O2S. The molecule has 156 valence electrons. The van der Waals surface area contributed by atoms with Crippen LogP contribution < -0.4 is 5.32 Å². The van der Waals surface area contributed by atoms with Gasteiger partial charge in [-0.2, -0.15) is 0 Å². The molecule has 5 nitrogen and oxygen atoms in total. The number of amides is 2. The molecule has 0 radical (unpaired) electrons. The lowest BCUT2D eigenvalue weighted by atomic mass is 9.97. The van der Waals surface area contributed by atoms with Crippen molar-refractivity contribution in [3.05, 3.63) is 63.1 Å². The molecule has 2 aromatic carbocycles. The fraction of sp³-hybridized carbons (Fsp3) is 0.318. The molecule has 1 saturated heterocycles. The highest BCUT2D eigenvalue weighted by Crippen LogP contribution is 2.34. The van der Waals surface area contributed by atoms with Gasteiger partial charge in [0, 0.05) is 47.6 Å². The molecule has 1 fully saturated rings. The molecule has 1 aliphatic rings. The SMILES string of the molecule is O=C(NCCC(=O)N1CCC(c2nc3cc(Cl)ccc3s2)CC1)c1ccc(Cl)cc1. The van der Waals surface area contributed by atoms with Crippen molar-refractivity contribution in [1.82, 2.24) is 15.2 Å². The molecule has 0 aliphatic carbocycles. The number of piperidine rings is 1. The second-order valence-corrected chi connectivity index (χ2v) is 9.27. The molecule has 0 unspecified atom stereocenters. The van der Waals surface area contributed by atoms with E-state index in [1.807, 2.05) is 23.1 Å². The molecule has 2 heterocycles. The third kappa shape index (κ3) is 4.94. The Hall–Kier alpha value is -2.15. The van der Waals surface area contributed by atoms with Crippen LogP contribution >= 0.6 is 34.5 Å². The average molecular weight is 462 g/mol. The summed E-state index contributed by atoms with van der Waals surface area (Å²) < 4.78 is 1.14. The van der Waals surface area contributed by atoms with Gasteiger partial charge in [-0.15, -0.1) is 11.3 Å². The molecule has 0 spiro atoms. The van der Waals surface area contributed by atoms with Gasteiger partial charge in [-0.25, -0.2) is 4.98 Å². The number of aromatic nitrogens is 1. The van der Waals surface area contributed by atoms with Crippen LogP contribution in [0.1, 0.15) is 40.5 Å². The van der Waals surface area contributed by atoms with E-state index in [1.165, 1.54) is 0 Å². The fourth-order valence-electron chi connectivity index (χ4n) is 3.61. The third-order valence-corrected chi connectivity index (χ3v) is 6.98. The minimum Gasteiger partial charge on any atom is -0.352 e. The average Bonchev–Trinajstić information content (AvgIpc) is 3.17. The van der Waals surface area contributed by atoms with Crippen molar-refractivity contribution in [3.8, 4) is 0 Å². The van der Waals surface area contributed by atoms with E-state index in [2.05, 4.69) is 5.32 Å². The van der Waals surface area contributed by atoms with Gasteiger partial charge in [0.15, 0.2) is 0 Å². The molecule has 8 heteroatoms. The van der Waals surface area contributed by atoms with Gasteiger partial charge < -0.3 is 10.2 Å². The zero-order valence-corrected chi connectivity index (χ0v) is 18.6. The molecule has 0 bridgehead atoms. The Kier molecular flexibility index (Phi) is 6.56. The number of halogens is 2. The smallest absolute Gasteiger partial charge is 0.251 e. The van der Waals surface area contributed by atoms with Crippen LogP contribution in [0.2, 0.25) is 10.0 Å². The molecule has 2 amide bonds. The quantitative estimate of drug-likeness (QED) is 0.572. The van der Waals surface area contributed by atoms with Gasteiger partial charge in [-0.1, -0.05) is 23.2 Å². The van der Waals surface area contributed by atoms with Crippen LogP contribution in [0.5, 0.6) is 0 Å². The summed E-state index contributed by atoms with van der Waals surface area (Å²) in [6.45, 7) is 1.75. The van der Waals surface area contributed by atoms with Crippen molar-refractivity contribution in [1.29, 1.82) is 0 Å². The largest absolute Gasteiger partial charge is 0.352 e. The highest BCUT2D eigenvalue weighted by atomic mass is 35.5. The molecule has 1 aliphatic heterocycles. The van der Waals surface area contributed by atoms with E-state index in [9.17, 15) is 9.59 Å². The zero-order valence-electron chi connectivity index (χ0n) is 16.2. The van der Waals surface area contributed by atoms with Crippen LogP contribution in [0.4, 0.5) is 0 Å². The van der Waals surface area contributed by atoms with Crippen LogP contribution in [0.25, 0.3) is 10.2 Å². The van der Waals surface area contributed by atoms with Crippen LogP contribution in [-0.4, -0.2) is 41.3 Å². The summed E-state index contributed by atoms with van der Waals surface area (Å²) in [5.74, 6) is 0.241. The predicted molar refractivity (Wildman–Crippen MR) is 122 cm³/mol. The number of fused-ring (bicyclic) bond motifs is 1. The lowest BCUT2D eigenvalue weighted by molar-refractivity contribution is -0.132. The summed E-state index contributed by atoms with van der Waals surface area (Å²) in [6, 6.07) is 12.5. The van der Waals surface area contributed by atoms with Crippen molar-refractivity contribution in [3.63, 3.8) is 0 Å². The Morgan fingerprint density at radius 2 is 1.77 bits per heavy atom. The first-order chi connectivity index (χ1) is 14.5. The lowest BCUT2D eigenvalue weighted by Crippen LogP contribution is -2.39. The number of hydrogen-bond acceptors (Lipinski definition) is 4. The van der Waals surface area contributed by atoms with E-state index in [-0.39, 0.29) is 11.8 Å². The van der Waals surface area contributed by atoms with Crippen LogP contribution in [0.15, 0.2) is 42.5 Å². The van der Waals surface area contributed by atoms with Gasteiger partial charge in [0.2, 0.25) is 5.91 Å². The Morgan fingerprint density at radius 1 is 1.07 bits per heavy atom. The van der Waals surface area contributed by atoms with Gasteiger partial charge in [0.1, 0.15) is 0 Å². The third-order valence-electron chi connectivity index (χ3n) is 5.29. The van der Waals surface area contributed by atoms with Crippen molar-refractivity contribution < 1.29 is 9.59 Å². The predicted octanol–water partition coefficient (Wildman–Crippen LogP) is 5.13. The highest BCUT2D eigenvalue weighted by Gasteiger charge is 2.25. The first-order valence-electron chi connectivity index (χ1n) is 9.87. The zero-order chi connectivity index (χ0) is 21.1. The van der Waals surface area contributed by atoms with Gasteiger partial charge in [0.05, 0.1) is 15.2 Å². The summed E-state index contributed by atoms with van der Waals surface area (Å²) in [7, 11) is 0. The van der Waals surface area contributed by atoms with E-state index in [0.717, 1.165) is 28.1 Å². The Balaban J connectivity index is 1.24. The van der Waals surface area contributed by atoms with E-state index >= 15 is 0 Å². The molecule has 1 N–H and O–H groups in total. The normalized spacial score (nSPS) is 14.8. The molecule has 30 heavy (non-hydrogen) atoms. The molecule has 1 aromatic heterocycles. The topological polar surface area (TPSA) is 62.3 Å². The van der Waals surface area contributed by atoms with Crippen LogP contribution in [-0.2, 0) is 4.79 Å². The van der Waals surface area contributed by atoms with Crippen molar-refractivity contribution in [2.75, 3.05) is 19.6 Å². The van der Waals surface area contributed by atoms with Crippen molar-refractivity contribution >= 4 is 56.6 Å². The number of rotatable bonds is 5. The Bertz CT molecular complexity index is 1060. The Morgan fingerprint density at radius 3 is 2.50 bits per heavy atom. The summed E-state index contributed by atoms with van der Waals surface area (Å²) in [6.07, 6.45) is 2.09. The molecular weight excluding hydrogens is 441 g/mol. The monoisotopic (exact) mass is 461 g/mol. The highest BCUT2D eigenvalue weighted by molar-refractivity contribution is 7.18. The number of thiazole rings is 1. The van der Waals surface area contributed by atoms with E-state index in [1.54, 1.807) is 35.6 Å². The lowest BCUT2D eigenvalue weighted by Gasteiger charge is -2.31. The van der Waals surface area contributed by atoms with Crippen molar-refractivity contribution in [2.24, 2.45) is 0 Å². The number of hydrogen-bond donors (Lipinski definition) is 1. The molecule has 0 atom stereocenters. The number of carbonyl (C=O) groups is 2. The molecule has 3 aromatic rings. The van der Waals surface area contributed by atoms with Crippen LogP contribution in [0, 0.1) is 0 Å². The Labute approximate surface area is 189 Å². The summed E-state index contributed by atoms with van der Waals surface area (Å²) >= 11 is 13.6. The minimum atomic E-state index is -0.200. The van der Waals surface area contributed by atoms with Crippen LogP contribution in [0.3, 0.4) is 0 Å². The summed E-state index contributed by atoms with van der Waals surface area (Å²) in [5.41, 5.74) is 1.47. The molecule has 4 rings (SSSR count). The summed E-state index contributed by atoms with van der Waals surface area (Å²) in [5, 5.41) is 5.19. The molecule has 0 saturated carbocycles. The first-order valence-corrected chi connectivity index (χ1v) is 11.4. The van der Waals surface area contributed by atoms with Gasteiger partial charge in [-0.05, 0) is 55.3 Å². The van der Waals surface area contributed by atoms with Gasteiger partial charge >= 0.3 is 0 Å². The number of nitrogens with zero attached hydrogens (tertiary/aromatic N) is 2. The number of likely N-dealkylation sites (tertiary alicyclic amines) is 1. The van der Waals surface area contributed by atoms with Gasteiger partial charge in [0.25, 0.3) is 5.91 Å². The van der Waals surface area contributed by atoms with Gasteiger partial charge in [-0.3, -0.25) is 9.59 Å².